The standard InChI is InChI=1S/C18H27NO4/c1-14-6-8-16(9-7-14)23-15(2)18(20)19-10-4-11-21-13-17-5-3-12-22-17/h6-9,15,17H,3-5,10-13H2,1-2H3,(H,19,20). The highest BCUT2D eigenvalue weighted by Gasteiger charge is 2.15. The molecule has 1 aliphatic heterocycles. The van der Waals surface area contributed by atoms with Crippen LogP contribution in [0.4, 0.5) is 0 Å². The predicted molar refractivity (Wildman–Crippen MR) is 88.7 cm³/mol. The maximum Gasteiger partial charge on any atom is 0.260 e. The number of aryl methyl sites for hydroxylation is 1. The van der Waals surface area contributed by atoms with Gasteiger partial charge in [0.1, 0.15) is 5.75 Å². The molecule has 5 nitrogen and oxygen atoms in total. The van der Waals surface area contributed by atoms with Crippen LogP contribution in [0.25, 0.3) is 0 Å². The molecule has 1 heterocycles. The third kappa shape index (κ3) is 6.59. The minimum Gasteiger partial charge on any atom is -0.481 e. The van der Waals surface area contributed by atoms with Crippen molar-refractivity contribution in [3.8, 4) is 5.75 Å². The van der Waals surface area contributed by atoms with E-state index in [0.717, 1.165) is 31.4 Å². The summed E-state index contributed by atoms with van der Waals surface area (Å²) in [4.78, 5) is 12.0. The summed E-state index contributed by atoms with van der Waals surface area (Å²) >= 11 is 0. The Hall–Kier alpha value is -1.59. The Morgan fingerprint density at radius 1 is 1.39 bits per heavy atom. The van der Waals surface area contributed by atoms with Gasteiger partial charge in [-0.2, -0.15) is 0 Å². The minimum atomic E-state index is -0.509. The fraction of sp³-hybridized carbons (Fsp3) is 0.611. The molecule has 1 aromatic rings. The molecule has 2 unspecified atom stereocenters. The number of ether oxygens (including phenoxy) is 3. The second-order valence-corrected chi connectivity index (χ2v) is 5.93. The van der Waals surface area contributed by atoms with Gasteiger partial charge < -0.3 is 19.5 Å². The first-order valence-corrected chi connectivity index (χ1v) is 8.35. The van der Waals surface area contributed by atoms with Crippen molar-refractivity contribution in [1.82, 2.24) is 5.32 Å². The van der Waals surface area contributed by atoms with E-state index in [2.05, 4.69) is 5.32 Å². The van der Waals surface area contributed by atoms with Crippen LogP contribution in [0.3, 0.4) is 0 Å². The van der Waals surface area contributed by atoms with E-state index in [4.69, 9.17) is 14.2 Å². The molecule has 1 saturated heterocycles. The second-order valence-electron chi connectivity index (χ2n) is 5.93. The number of hydrogen-bond acceptors (Lipinski definition) is 4. The summed E-state index contributed by atoms with van der Waals surface area (Å²) in [7, 11) is 0. The van der Waals surface area contributed by atoms with Gasteiger partial charge in [0.15, 0.2) is 6.10 Å². The van der Waals surface area contributed by atoms with E-state index in [1.807, 2.05) is 31.2 Å². The highest BCUT2D eigenvalue weighted by atomic mass is 16.5. The van der Waals surface area contributed by atoms with Crippen LogP contribution in [0, 0.1) is 6.92 Å². The fourth-order valence-electron chi connectivity index (χ4n) is 2.39. The SMILES string of the molecule is Cc1ccc(OC(C)C(=O)NCCCOCC2CCCO2)cc1. The van der Waals surface area contributed by atoms with Crippen LogP contribution in [0.2, 0.25) is 0 Å². The Balaban J connectivity index is 1.54. The molecule has 1 fully saturated rings. The molecule has 0 aliphatic carbocycles. The monoisotopic (exact) mass is 321 g/mol. The third-order valence-electron chi connectivity index (χ3n) is 3.80. The number of hydrogen-bond donors (Lipinski definition) is 1. The molecular weight excluding hydrogens is 294 g/mol. The summed E-state index contributed by atoms with van der Waals surface area (Å²) in [6.07, 6.45) is 2.75. The molecule has 0 radical (unpaired) electrons. The lowest BCUT2D eigenvalue weighted by molar-refractivity contribution is -0.127. The molecule has 0 aromatic heterocycles. The van der Waals surface area contributed by atoms with E-state index >= 15 is 0 Å². The second kappa shape index (κ2) is 9.53. The minimum absolute atomic E-state index is 0.107. The predicted octanol–water partition coefficient (Wildman–Crippen LogP) is 2.46. The van der Waals surface area contributed by atoms with Crippen LogP contribution in [0.5, 0.6) is 5.75 Å². The number of amides is 1. The van der Waals surface area contributed by atoms with Gasteiger partial charge in [0.2, 0.25) is 0 Å². The van der Waals surface area contributed by atoms with E-state index in [-0.39, 0.29) is 12.0 Å². The Kier molecular flexibility index (Phi) is 7.36. The number of carbonyl (C=O) groups excluding carboxylic acids is 1. The summed E-state index contributed by atoms with van der Waals surface area (Å²) in [5.74, 6) is 0.600. The number of rotatable bonds is 9. The van der Waals surface area contributed by atoms with Crippen LogP contribution >= 0.6 is 0 Å². The van der Waals surface area contributed by atoms with Crippen molar-refractivity contribution >= 4 is 5.91 Å². The molecule has 0 bridgehead atoms. The molecule has 128 valence electrons. The van der Waals surface area contributed by atoms with E-state index in [0.29, 0.717) is 25.5 Å². The van der Waals surface area contributed by atoms with Gasteiger partial charge in [-0.25, -0.2) is 0 Å². The lowest BCUT2D eigenvalue weighted by Gasteiger charge is -2.15. The first-order chi connectivity index (χ1) is 11.1. The smallest absolute Gasteiger partial charge is 0.260 e. The normalized spacial score (nSPS) is 18.6. The van der Waals surface area contributed by atoms with E-state index in [1.165, 1.54) is 0 Å². The average Bonchev–Trinajstić information content (AvgIpc) is 3.06. The van der Waals surface area contributed by atoms with E-state index in [9.17, 15) is 4.79 Å². The maximum atomic E-state index is 12.0. The van der Waals surface area contributed by atoms with Gasteiger partial charge in [-0.15, -0.1) is 0 Å². The highest BCUT2D eigenvalue weighted by Crippen LogP contribution is 2.13. The van der Waals surface area contributed by atoms with Crippen molar-refractivity contribution < 1.29 is 19.0 Å². The number of benzene rings is 1. The van der Waals surface area contributed by atoms with Gasteiger partial charge in [-0.05, 0) is 45.2 Å². The quantitative estimate of drug-likeness (QED) is 0.710. The first kappa shape index (κ1) is 17.8. The molecule has 0 spiro atoms. The molecule has 5 heteroatoms. The summed E-state index contributed by atoms with van der Waals surface area (Å²) in [6, 6.07) is 7.67. The van der Waals surface area contributed by atoms with Crippen molar-refractivity contribution in [3.05, 3.63) is 29.8 Å². The van der Waals surface area contributed by atoms with Crippen molar-refractivity contribution in [1.29, 1.82) is 0 Å². The van der Waals surface area contributed by atoms with Gasteiger partial charge in [0.05, 0.1) is 12.7 Å². The van der Waals surface area contributed by atoms with Gasteiger partial charge in [0.25, 0.3) is 5.91 Å². The summed E-state index contributed by atoms with van der Waals surface area (Å²) in [5, 5.41) is 2.87. The van der Waals surface area contributed by atoms with Gasteiger partial charge in [-0.3, -0.25) is 4.79 Å². The van der Waals surface area contributed by atoms with Gasteiger partial charge >= 0.3 is 0 Å². The third-order valence-corrected chi connectivity index (χ3v) is 3.80. The highest BCUT2D eigenvalue weighted by molar-refractivity contribution is 5.80. The van der Waals surface area contributed by atoms with Crippen LogP contribution in [-0.4, -0.2) is 44.5 Å². The van der Waals surface area contributed by atoms with Crippen molar-refractivity contribution in [2.24, 2.45) is 0 Å². The largest absolute Gasteiger partial charge is 0.481 e. The Labute approximate surface area is 138 Å². The van der Waals surface area contributed by atoms with Gasteiger partial charge in [0, 0.05) is 19.8 Å². The van der Waals surface area contributed by atoms with Crippen molar-refractivity contribution in [2.75, 3.05) is 26.4 Å². The molecule has 1 aromatic carbocycles. The van der Waals surface area contributed by atoms with Crippen LogP contribution in [0.15, 0.2) is 24.3 Å². The zero-order chi connectivity index (χ0) is 16.5. The summed E-state index contributed by atoms with van der Waals surface area (Å²) in [6.45, 7) is 6.49. The first-order valence-electron chi connectivity index (χ1n) is 8.35. The zero-order valence-electron chi connectivity index (χ0n) is 14.0. The Bertz CT molecular complexity index is 468. The van der Waals surface area contributed by atoms with Crippen LogP contribution < -0.4 is 10.1 Å². The molecular formula is C18H27NO4. The molecule has 1 amide bonds. The Morgan fingerprint density at radius 3 is 2.87 bits per heavy atom. The number of nitrogens with one attached hydrogen (secondary N) is 1. The van der Waals surface area contributed by atoms with Crippen LogP contribution in [0.1, 0.15) is 31.7 Å². The maximum absolute atomic E-state index is 12.0. The van der Waals surface area contributed by atoms with Crippen molar-refractivity contribution in [3.63, 3.8) is 0 Å². The molecule has 1 N–H and O–H groups in total. The summed E-state index contributed by atoms with van der Waals surface area (Å²) < 4.78 is 16.7. The molecule has 0 saturated carbocycles. The Morgan fingerprint density at radius 2 is 2.17 bits per heavy atom. The number of carbonyl (C=O) groups is 1. The fourth-order valence-corrected chi connectivity index (χ4v) is 2.39. The molecule has 1 aliphatic rings. The lowest BCUT2D eigenvalue weighted by atomic mass is 10.2. The van der Waals surface area contributed by atoms with Crippen molar-refractivity contribution in [2.45, 2.75) is 45.3 Å². The average molecular weight is 321 g/mol. The molecule has 23 heavy (non-hydrogen) atoms. The lowest BCUT2D eigenvalue weighted by Crippen LogP contribution is -2.37. The van der Waals surface area contributed by atoms with Gasteiger partial charge in [-0.1, -0.05) is 17.7 Å². The topological polar surface area (TPSA) is 56.8 Å². The molecule has 2 rings (SSSR count). The van der Waals surface area contributed by atoms with E-state index < -0.39 is 6.10 Å². The zero-order valence-corrected chi connectivity index (χ0v) is 14.0. The molecule has 2 atom stereocenters. The van der Waals surface area contributed by atoms with Crippen LogP contribution in [-0.2, 0) is 14.3 Å². The van der Waals surface area contributed by atoms with E-state index in [1.54, 1.807) is 6.92 Å². The summed E-state index contributed by atoms with van der Waals surface area (Å²) in [5.41, 5.74) is 1.16.